The van der Waals surface area contributed by atoms with Gasteiger partial charge >= 0.3 is 5.97 Å². The summed E-state index contributed by atoms with van der Waals surface area (Å²) in [7, 11) is 0. The van der Waals surface area contributed by atoms with Gasteiger partial charge in [-0.1, -0.05) is 12.1 Å². The van der Waals surface area contributed by atoms with E-state index in [0.29, 0.717) is 31.8 Å². The van der Waals surface area contributed by atoms with Gasteiger partial charge in [0.25, 0.3) is 0 Å². The van der Waals surface area contributed by atoms with E-state index in [1.54, 1.807) is 24.0 Å². The van der Waals surface area contributed by atoms with Gasteiger partial charge in [0, 0.05) is 25.9 Å². The third-order valence-electron chi connectivity index (χ3n) is 5.18. The van der Waals surface area contributed by atoms with E-state index in [-0.39, 0.29) is 24.1 Å². The number of halogens is 1. The van der Waals surface area contributed by atoms with Crippen molar-refractivity contribution < 1.29 is 19.1 Å². The summed E-state index contributed by atoms with van der Waals surface area (Å²) in [5, 5.41) is 20.4. The SMILES string of the molecule is Cc1nnnn1[C@H](Cc1ccc(F)cc1)C(=O)N1CCC[C@H](CCC(=O)O)C1. The largest absolute Gasteiger partial charge is 0.481 e. The number of carbonyl (C=O) groups excluding carboxylic acids is 1. The lowest BCUT2D eigenvalue weighted by Crippen LogP contribution is -2.44. The number of aliphatic carboxylic acids is 1. The summed E-state index contributed by atoms with van der Waals surface area (Å²) < 4.78 is 14.7. The molecule has 1 aromatic carbocycles. The van der Waals surface area contributed by atoms with E-state index in [2.05, 4.69) is 15.5 Å². The van der Waals surface area contributed by atoms with Crippen molar-refractivity contribution in [1.29, 1.82) is 0 Å². The van der Waals surface area contributed by atoms with Crippen LogP contribution in [-0.2, 0) is 16.0 Å². The van der Waals surface area contributed by atoms with E-state index in [0.717, 1.165) is 18.4 Å². The fourth-order valence-corrected chi connectivity index (χ4v) is 3.69. The van der Waals surface area contributed by atoms with Crippen LogP contribution in [0.25, 0.3) is 0 Å². The fourth-order valence-electron chi connectivity index (χ4n) is 3.69. The predicted octanol–water partition coefficient (Wildman–Crippen LogP) is 2.01. The number of carbonyl (C=O) groups is 2. The lowest BCUT2D eigenvalue weighted by molar-refractivity contribution is -0.138. The molecular weight excluding hydrogens is 365 g/mol. The summed E-state index contributed by atoms with van der Waals surface area (Å²) >= 11 is 0. The first-order valence-corrected chi connectivity index (χ1v) is 9.43. The molecule has 0 bridgehead atoms. The van der Waals surface area contributed by atoms with Gasteiger partial charge in [-0.2, -0.15) is 0 Å². The first-order valence-electron chi connectivity index (χ1n) is 9.43. The average Bonchev–Trinajstić information content (AvgIpc) is 3.11. The number of hydrogen-bond acceptors (Lipinski definition) is 5. The third kappa shape index (κ3) is 4.90. The summed E-state index contributed by atoms with van der Waals surface area (Å²) in [5.74, 6) is -0.542. The number of piperidine rings is 1. The van der Waals surface area contributed by atoms with Gasteiger partial charge in [-0.05, 0) is 60.2 Å². The summed E-state index contributed by atoms with van der Waals surface area (Å²) in [6.07, 6.45) is 2.78. The van der Waals surface area contributed by atoms with Crippen molar-refractivity contribution in [2.75, 3.05) is 13.1 Å². The quantitative estimate of drug-likeness (QED) is 0.777. The number of amides is 1. The summed E-state index contributed by atoms with van der Waals surface area (Å²) in [4.78, 5) is 26.0. The zero-order valence-electron chi connectivity index (χ0n) is 15.8. The van der Waals surface area contributed by atoms with Crippen molar-refractivity contribution in [3.8, 4) is 0 Å². The highest BCUT2D eigenvalue weighted by Gasteiger charge is 2.32. The van der Waals surface area contributed by atoms with E-state index in [1.165, 1.54) is 16.8 Å². The van der Waals surface area contributed by atoms with Gasteiger partial charge in [0.1, 0.15) is 17.7 Å². The number of carboxylic acid groups (broad SMARTS) is 1. The smallest absolute Gasteiger partial charge is 0.303 e. The molecule has 1 N–H and O–H groups in total. The molecule has 1 aliphatic heterocycles. The van der Waals surface area contributed by atoms with Gasteiger partial charge in [0.05, 0.1) is 0 Å². The van der Waals surface area contributed by atoms with Crippen LogP contribution in [0.15, 0.2) is 24.3 Å². The Balaban J connectivity index is 1.77. The topological polar surface area (TPSA) is 101 Å². The highest BCUT2D eigenvalue weighted by molar-refractivity contribution is 5.81. The highest BCUT2D eigenvalue weighted by atomic mass is 19.1. The number of nitrogens with zero attached hydrogens (tertiary/aromatic N) is 5. The summed E-state index contributed by atoms with van der Waals surface area (Å²) in [6.45, 7) is 2.90. The van der Waals surface area contributed by atoms with E-state index in [1.807, 2.05) is 0 Å². The number of benzene rings is 1. The molecule has 1 aromatic heterocycles. The molecule has 0 unspecified atom stereocenters. The van der Waals surface area contributed by atoms with Crippen LogP contribution in [0.1, 0.15) is 43.1 Å². The molecule has 1 saturated heterocycles. The van der Waals surface area contributed by atoms with Crippen molar-refractivity contribution in [3.63, 3.8) is 0 Å². The Bertz CT molecular complexity index is 823. The van der Waals surface area contributed by atoms with Crippen LogP contribution in [0.3, 0.4) is 0 Å². The molecular formula is C19H24FN5O3. The molecule has 0 saturated carbocycles. The number of aromatic nitrogens is 4. The average molecular weight is 389 g/mol. The monoisotopic (exact) mass is 389 g/mol. The Morgan fingerprint density at radius 3 is 2.71 bits per heavy atom. The standard InChI is InChI=1S/C19H24FN5O3/c1-13-21-22-23-25(13)17(11-14-4-7-16(20)8-5-14)19(28)24-10-2-3-15(12-24)6-9-18(26)27/h4-5,7-8,15,17H,2-3,6,9-12H2,1H3,(H,26,27)/t15-,17-/m1/s1. The predicted molar refractivity (Wildman–Crippen MR) is 97.9 cm³/mol. The molecule has 0 aliphatic carbocycles. The molecule has 1 fully saturated rings. The van der Waals surface area contributed by atoms with E-state index < -0.39 is 12.0 Å². The molecule has 8 nitrogen and oxygen atoms in total. The lowest BCUT2D eigenvalue weighted by atomic mass is 9.92. The van der Waals surface area contributed by atoms with Crippen molar-refractivity contribution in [2.45, 2.75) is 45.1 Å². The number of rotatable bonds is 7. The summed E-state index contributed by atoms with van der Waals surface area (Å²) in [5.41, 5.74) is 0.814. The molecule has 3 rings (SSSR count). The maximum atomic E-state index is 13.3. The van der Waals surface area contributed by atoms with Gasteiger partial charge in [0.2, 0.25) is 5.91 Å². The number of likely N-dealkylation sites (tertiary alicyclic amines) is 1. The van der Waals surface area contributed by atoms with Crippen LogP contribution >= 0.6 is 0 Å². The molecule has 2 heterocycles. The second-order valence-corrected chi connectivity index (χ2v) is 7.24. The molecule has 150 valence electrons. The molecule has 9 heteroatoms. The Labute approximate surface area is 162 Å². The third-order valence-corrected chi connectivity index (χ3v) is 5.18. The van der Waals surface area contributed by atoms with Crippen molar-refractivity contribution in [2.24, 2.45) is 5.92 Å². The van der Waals surface area contributed by atoms with Crippen molar-refractivity contribution in [1.82, 2.24) is 25.1 Å². The maximum absolute atomic E-state index is 13.3. The Morgan fingerprint density at radius 2 is 2.07 bits per heavy atom. The molecule has 1 aliphatic rings. The Kier molecular flexibility index (Phi) is 6.33. The van der Waals surface area contributed by atoms with Crippen LogP contribution < -0.4 is 0 Å². The van der Waals surface area contributed by atoms with Gasteiger partial charge in [-0.25, -0.2) is 9.07 Å². The molecule has 2 aromatic rings. The van der Waals surface area contributed by atoms with Crippen LogP contribution in [-0.4, -0.2) is 55.2 Å². The number of carboxylic acids is 1. The van der Waals surface area contributed by atoms with Crippen LogP contribution in [0, 0.1) is 18.7 Å². The molecule has 28 heavy (non-hydrogen) atoms. The minimum Gasteiger partial charge on any atom is -0.481 e. The Morgan fingerprint density at radius 1 is 1.32 bits per heavy atom. The maximum Gasteiger partial charge on any atom is 0.303 e. The molecule has 0 radical (unpaired) electrons. The number of aryl methyl sites for hydroxylation is 1. The van der Waals surface area contributed by atoms with Crippen LogP contribution in [0.5, 0.6) is 0 Å². The minimum absolute atomic E-state index is 0.0975. The molecule has 1 amide bonds. The number of hydrogen-bond donors (Lipinski definition) is 1. The van der Waals surface area contributed by atoms with Crippen LogP contribution in [0.2, 0.25) is 0 Å². The number of tetrazole rings is 1. The Hall–Kier alpha value is -2.84. The minimum atomic E-state index is -0.818. The second-order valence-electron chi connectivity index (χ2n) is 7.24. The zero-order valence-corrected chi connectivity index (χ0v) is 15.8. The molecule has 0 spiro atoms. The first kappa shape index (κ1) is 19.9. The fraction of sp³-hybridized carbons (Fsp3) is 0.526. The van der Waals surface area contributed by atoms with Gasteiger partial charge in [0.15, 0.2) is 0 Å². The van der Waals surface area contributed by atoms with E-state index >= 15 is 0 Å². The van der Waals surface area contributed by atoms with Gasteiger partial charge < -0.3 is 10.0 Å². The highest BCUT2D eigenvalue weighted by Crippen LogP contribution is 2.25. The van der Waals surface area contributed by atoms with Gasteiger partial charge in [-0.15, -0.1) is 5.10 Å². The van der Waals surface area contributed by atoms with Crippen LogP contribution in [0.4, 0.5) is 4.39 Å². The zero-order chi connectivity index (χ0) is 20.1. The molecule has 2 atom stereocenters. The van der Waals surface area contributed by atoms with Crippen molar-refractivity contribution in [3.05, 3.63) is 41.5 Å². The van der Waals surface area contributed by atoms with E-state index in [9.17, 15) is 14.0 Å². The van der Waals surface area contributed by atoms with Crippen molar-refractivity contribution >= 4 is 11.9 Å². The second kappa shape index (κ2) is 8.90. The summed E-state index contributed by atoms with van der Waals surface area (Å²) in [6, 6.07) is 5.42. The first-order chi connectivity index (χ1) is 13.4. The van der Waals surface area contributed by atoms with E-state index in [4.69, 9.17) is 5.11 Å². The lowest BCUT2D eigenvalue weighted by Gasteiger charge is -2.35. The normalized spacial score (nSPS) is 18.1. The van der Waals surface area contributed by atoms with Gasteiger partial charge in [-0.3, -0.25) is 9.59 Å².